The SMILES string of the molecule is CCNC(=O)Nc1ccc2ncc(C3=CSC(C)(C(=O)OCC)C3)nc2n1. The summed E-state index contributed by atoms with van der Waals surface area (Å²) >= 11 is 1.43. The number of anilines is 1. The fourth-order valence-electron chi connectivity index (χ4n) is 2.65. The average Bonchev–Trinajstić information content (AvgIpc) is 3.05. The molecule has 142 valence electrons. The Hall–Kier alpha value is -2.68. The smallest absolute Gasteiger partial charge is 0.322 e. The molecule has 1 atom stereocenters. The van der Waals surface area contributed by atoms with Gasteiger partial charge in [0.15, 0.2) is 5.65 Å². The van der Waals surface area contributed by atoms with Crippen molar-refractivity contribution >= 4 is 46.3 Å². The molecule has 2 aromatic heterocycles. The lowest BCUT2D eigenvalue weighted by Crippen LogP contribution is -2.31. The summed E-state index contributed by atoms with van der Waals surface area (Å²) in [5.74, 6) is 0.160. The number of aromatic nitrogens is 3. The number of amides is 2. The second-order valence-electron chi connectivity index (χ2n) is 6.17. The Bertz CT molecular complexity index is 917. The van der Waals surface area contributed by atoms with Gasteiger partial charge in [-0.3, -0.25) is 15.1 Å². The Balaban J connectivity index is 1.82. The molecule has 0 aromatic carbocycles. The number of carbonyl (C=O) groups is 2. The summed E-state index contributed by atoms with van der Waals surface area (Å²) < 4.78 is 4.51. The Morgan fingerprint density at radius 1 is 1.30 bits per heavy atom. The van der Waals surface area contributed by atoms with E-state index in [1.807, 2.05) is 19.3 Å². The summed E-state index contributed by atoms with van der Waals surface area (Å²) in [4.78, 5) is 37.2. The Labute approximate surface area is 161 Å². The summed E-state index contributed by atoms with van der Waals surface area (Å²) in [7, 11) is 0. The fraction of sp³-hybridized carbons (Fsp3) is 0.389. The number of ether oxygens (including phenoxy) is 1. The van der Waals surface area contributed by atoms with E-state index in [2.05, 4.69) is 25.6 Å². The van der Waals surface area contributed by atoms with Crippen molar-refractivity contribution in [1.29, 1.82) is 0 Å². The Morgan fingerprint density at radius 2 is 2.11 bits per heavy atom. The molecule has 0 aliphatic carbocycles. The van der Waals surface area contributed by atoms with Crippen molar-refractivity contribution in [3.8, 4) is 0 Å². The van der Waals surface area contributed by atoms with Crippen LogP contribution in [0.2, 0.25) is 0 Å². The normalized spacial score (nSPS) is 18.9. The van der Waals surface area contributed by atoms with Gasteiger partial charge in [-0.15, -0.1) is 11.8 Å². The highest BCUT2D eigenvalue weighted by molar-refractivity contribution is 8.04. The minimum atomic E-state index is -0.656. The number of pyridine rings is 1. The molecule has 3 heterocycles. The van der Waals surface area contributed by atoms with Crippen molar-refractivity contribution < 1.29 is 14.3 Å². The monoisotopic (exact) mass is 387 g/mol. The standard InChI is InChI=1S/C18H21N5O3S/c1-4-19-17(25)23-14-7-6-12-15(22-14)21-13(9-20-12)11-8-18(3,27-10-11)16(24)26-5-2/h6-7,9-10H,4-5,8H2,1-3H3,(H2,19,21,22,23,25). The van der Waals surface area contributed by atoms with E-state index in [9.17, 15) is 9.59 Å². The van der Waals surface area contributed by atoms with Crippen molar-refractivity contribution in [2.24, 2.45) is 0 Å². The highest BCUT2D eigenvalue weighted by Gasteiger charge is 2.40. The summed E-state index contributed by atoms with van der Waals surface area (Å²) in [5, 5.41) is 7.22. The number of thioether (sulfide) groups is 1. The van der Waals surface area contributed by atoms with Crippen LogP contribution in [0.3, 0.4) is 0 Å². The zero-order chi connectivity index (χ0) is 19.4. The van der Waals surface area contributed by atoms with Crippen molar-refractivity contribution in [1.82, 2.24) is 20.3 Å². The first kappa shape index (κ1) is 19.1. The van der Waals surface area contributed by atoms with Crippen molar-refractivity contribution in [3.05, 3.63) is 29.4 Å². The third-order valence-corrected chi connectivity index (χ3v) is 5.24. The first-order valence-electron chi connectivity index (χ1n) is 8.68. The van der Waals surface area contributed by atoms with E-state index < -0.39 is 4.75 Å². The van der Waals surface area contributed by atoms with Crippen LogP contribution in [0.15, 0.2) is 23.7 Å². The summed E-state index contributed by atoms with van der Waals surface area (Å²) in [6.07, 6.45) is 2.18. The van der Waals surface area contributed by atoms with Gasteiger partial charge in [-0.25, -0.2) is 14.8 Å². The van der Waals surface area contributed by atoms with Crippen LogP contribution in [0.1, 0.15) is 32.9 Å². The molecule has 3 rings (SSSR count). The summed E-state index contributed by atoms with van der Waals surface area (Å²) in [6, 6.07) is 3.10. The predicted molar refractivity (Wildman–Crippen MR) is 105 cm³/mol. The first-order valence-corrected chi connectivity index (χ1v) is 9.56. The van der Waals surface area contributed by atoms with Gasteiger partial charge < -0.3 is 10.1 Å². The van der Waals surface area contributed by atoms with Crippen LogP contribution in [-0.4, -0.2) is 44.9 Å². The van der Waals surface area contributed by atoms with Crippen LogP contribution < -0.4 is 10.6 Å². The van der Waals surface area contributed by atoms with Crippen LogP contribution in [0.4, 0.5) is 10.6 Å². The second-order valence-corrected chi connectivity index (χ2v) is 7.54. The maximum atomic E-state index is 12.2. The minimum Gasteiger partial charge on any atom is -0.465 e. The number of urea groups is 1. The molecule has 0 bridgehead atoms. The number of hydrogen-bond acceptors (Lipinski definition) is 7. The molecule has 0 saturated heterocycles. The van der Waals surface area contributed by atoms with Crippen LogP contribution in [0, 0.1) is 0 Å². The van der Waals surface area contributed by atoms with Crippen LogP contribution in [0.5, 0.6) is 0 Å². The zero-order valence-corrected chi connectivity index (χ0v) is 16.2. The van der Waals surface area contributed by atoms with E-state index in [0.717, 1.165) is 5.57 Å². The molecule has 0 fully saturated rings. The van der Waals surface area contributed by atoms with E-state index in [1.54, 1.807) is 25.3 Å². The van der Waals surface area contributed by atoms with Crippen LogP contribution >= 0.6 is 11.8 Å². The number of nitrogens with one attached hydrogen (secondary N) is 2. The van der Waals surface area contributed by atoms with Gasteiger partial charge in [-0.2, -0.15) is 0 Å². The molecule has 1 aliphatic heterocycles. The lowest BCUT2D eigenvalue weighted by molar-refractivity contribution is -0.145. The minimum absolute atomic E-state index is 0.235. The summed E-state index contributed by atoms with van der Waals surface area (Å²) in [5.41, 5.74) is 2.62. The average molecular weight is 387 g/mol. The fourth-order valence-corrected chi connectivity index (χ4v) is 3.65. The third-order valence-electron chi connectivity index (χ3n) is 4.01. The largest absolute Gasteiger partial charge is 0.465 e. The molecule has 0 spiro atoms. The van der Waals surface area contributed by atoms with Gasteiger partial charge in [0, 0.05) is 13.0 Å². The Morgan fingerprint density at radius 3 is 2.85 bits per heavy atom. The lowest BCUT2D eigenvalue weighted by Gasteiger charge is -2.20. The number of fused-ring (bicyclic) bond motifs is 1. The predicted octanol–water partition coefficient (Wildman–Crippen LogP) is 2.97. The third kappa shape index (κ3) is 4.19. The highest BCUT2D eigenvalue weighted by Crippen LogP contribution is 2.44. The van der Waals surface area contributed by atoms with Gasteiger partial charge in [-0.1, -0.05) is 0 Å². The molecule has 0 radical (unpaired) electrons. The van der Waals surface area contributed by atoms with Crippen molar-refractivity contribution in [3.63, 3.8) is 0 Å². The van der Waals surface area contributed by atoms with E-state index in [4.69, 9.17) is 4.74 Å². The van der Waals surface area contributed by atoms with Crippen LogP contribution in [0.25, 0.3) is 16.7 Å². The number of carbonyl (C=O) groups excluding carboxylic acids is 2. The van der Waals surface area contributed by atoms with E-state index in [-0.39, 0.29) is 12.0 Å². The van der Waals surface area contributed by atoms with Gasteiger partial charge in [0.1, 0.15) is 16.1 Å². The highest BCUT2D eigenvalue weighted by atomic mass is 32.2. The van der Waals surface area contributed by atoms with Crippen LogP contribution in [-0.2, 0) is 9.53 Å². The Kier molecular flexibility index (Phi) is 5.59. The maximum Gasteiger partial charge on any atom is 0.322 e. The molecule has 27 heavy (non-hydrogen) atoms. The van der Waals surface area contributed by atoms with Gasteiger partial charge in [0.05, 0.1) is 18.5 Å². The quantitative estimate of drug-likeness (QED) is 0.760. The molecular formula is C18H21N5O3S. The molecule has 2 N–H and O–H groups in total. The zero-order valence-electron chi connectivity index (χ0n) is 15.4. The van der Waals surface area contributed by atoms with Gasteiger partial charge >= 0.3 is 12.0 Å². The molecule has 9 heteroatoms. The number of hydrogen-bond donors (Lipinski definition) is 2. The maximum absolute atomic E-state index is 12.2. The van der Waals surface area contributed by atoms with Crippen molar-refractivity contribution in [2.45, 2.75) is 31.9 Å². The van der Waals surface area contributed by atoms with E-state index in [0.29, 0.717) is 42.2 Å². The van der Waals surface area contributed by atoms with Crippen molar-refractivity contribution in [2.75, 3.05) is 18.5 Å². The molecule has 8 nitrogen and oxygen atoms in total. The van der Waals surface area contributed by atoms with E-state index in [1.165, 1.54) is 11.8 Å². The molecular weight excluding hydrogens is 366 g/mol. The first-order chi connectivity index (χ1) is 12.9. The topological polar surface area (TPSA) is 106 Å². The molecule has 2 aromatic rings. The van der Waals surface area contributed by atoms with Gasteiger partial charge in [0.2, 0.25) is 0 Å². The number of rotatable bonds is 5. The second kappa shape index (κ2) is 7.91. The van der Waals surface area contributed by atoms with Gasteiger partial charge in [-0.05, 0) is 43.9 Å². The number of esters is 1. The molecule has 2 amide bonds. The molecule has 1 unspecified atom stereocenters. The van der Waals surface area contributed by atoms with Gasteiger partial charge in [0.25, 0.3) is 0 Å². The summed E-state index contributed by atoms with van der Waals surface area (Å²) in [6.45, 7) is 6.37. The number of nitrogens with zero attached hydrogens (tertiary/aromatic N) is 3. The molecule has 1 aliphatic rings. The van der Waals surface area contributed by atoms with E-state index >= 15 is 0 Å². The lowest BCUT2D eigenvalue weighted by atomic mass is 10.00. The number of allylic oxidation sites excluding steroid dienone is 1. The molecule has 0 saturated carbocycles.